The summed E-state index contributed by atoms with van der Waals surface area (Å²) in [6, 6.07) is 1.91. The van der Waals surface area contributed by atoms with Crippen LogP contribution < -0.4 is 4.74 Å². The third-order valence-corrected chi connectivity index (χ3v) is 1.98. The molecular weight excluding hydrogens is 186 g/mol. The van der Waals surface area contributed by atoms with E-state index in [4.69, 9.17) is 16.3 Å². The summed E-state index contributed by atoms with van der Waals surface area (Å²) in [4.78, 5) is 4.00. The van der Waals surface area contributed by atoms with Crippen molar-refractivity contribution in [1.29, 1.82) is 0 Å². The maximum Gasteiger partial charge on any atom is 0.171 e. The molecule has 0 aliphatic heterocycles. The zero-order valence-electron chi connectivity index (χ0n) is 8.01. The largest absolute Gasteiger partial charge is 0.490 e. The van der Waals surface area contributed by atoms with Crippen molar-refractivity contribution in [3.8, 4) is 5.75 Å². The first-order valence-electron chi connectivity index (χ1n) is 4.49. The quantitative estimate of drug-likeness (QED) is 0.549. The Balaban J connectivity index is 2.59. The van der Waals surface area contributed by atoms with Gasteiger partial charge in [-0.25, -0.2) is 4.98 Å². The van der Waals surface area contributed by atoms with Gasteiger partial charge in [-0.1, -0.05) is 24.9 Å². The molecule has 1 rings (SSSR count). The zero-order valence-corrected chi connectivity index (χ0v) is 8.77. The van der Waals surface area contributed by atoms with E-state index in [1.165, 1.54) is 0 Å². The third kappa shape index (κ3) is 3.23. The molecule has 0 saturated heterocycles. The summed E-state index contributed by atoms with van der Waals surface area (Å²) in [5, 5.41) is 0.446. The number of pyridine rings is 1. The zero-order chi connectivity index (χ0) is 9.68. The molecule has 1 heterocycles. The average Bonchev–Trinajstić information content (AvgIpc) is 2.11. The summed E-state index contributed by atoms with van der Waals surface area (Å²) in [5.41, 5.74) is 1.07. The Hall–Kier alpha value is -0.760. The first-order valence-corrected chi connectivity index (χ1v) is 4.86. The van der Waals surface area contributed by atoms with Gasteiger partial charge in [0.15, 0.2) is 10.9 Å². The molecule has 0 saturated carbocycles. The third-order valence-electron chi connectivity index (χ3n) is 1.70. The lowest BCUT2D eigenvalue weighted by molar-refractivity contribution is 0.308. The summed E-state index contributed by atoms with van der Waals surface area (Å²) in [6.07, 6.45) is 3.90. The number of unbranched alkanes of at least 4 members (excludes halogenated alkanes) is 1. The van der Waals surface area contributed by atoms with Gasteiger partial charge in [0.25, 0.3) is 0 Å². The summed E-state index contributed by atoms with van der Waals surface area (Å²) in [7, 11) is 0. The Bertz CT molecular complexity index is 276. The molecule has 2 nitrogen and oxygen atoms in total. The van der Waals surface area contributed by atoms with Crippen molar-refractivity contribution in [3.63, 3.8) is 0 Å². The first kappa shape index (κ1) is 10.3. The van der Waals surface area contributed by atoms with Gasteiger partial charge in [0, 0.05) is 6.20 Å². The van der Waals surface area contributed by atoms with Crippen molar-refractivity contribution in [2.24, 2.45) is 0 Å². The molecule has 0 aliphatic carbocycles. The molecule has 0 fully saturated rings. The van der Waals surface area contributed by atoms with Crippen LogP contribution in [0.15, 0.2) is 12.3 Å². The highest BCUT2D eigenvalue weighted by Crippen LogP contribution is 2.22. The van der Waals surface area contributed by atoms with E-state index in [9.17, 15) is 0 Å². The van der Waals surface area contributed by atoms with Crippen LogP contribution in [0.4, 0.5) is 0 Å². The van der Waals surface area contributed by atoms with Crippen LogP contribution >= 0.6 is 11.6 Å². The Kier molecular flexibility index (Phi) is 4.03. The maximum absolute atomic E-state index is 5.84. The Morgan fingerprint density at radius 1 is 1.54 bits per heavy atom. The summed E-state index contributed by atoms with van der Waals surface area (Å²) in [5.74, 6) is 0.690. The fourth-order valence-corrected chi connectivity index (χ4v) is 1.11. The van der Waals surface area contributed by atoms with E-state index in [2.05, 4.69) is 11.9 Å². The van der Waals surface area contributed by atoms with Crippen LogP contribution in [0.2, 0.25) is 5.15 Å². The highest BCUT2D eigenvalue weighted by atomic mass is 35.5. The predicted molar refractivity (Wildman–Crippen MR) is 54.4 cm³/mol. The van der Waals surface area contributed by atoms with Crippen LogP contribution in [0.1, 0.15) is 25.3 Å². The minimum absolute atomic E-state index is 0.446. The summed E-state index contributed by atoms with van der Waals surface area (Å²) in [6.45, 7) is 4.80. The Labute approximate surface area is 83.9 Å². The smallest absolute Gasteiger partial charge is 0.171 e. The van der Waals surface area contributed by atoms with Crippen molar-refractivity contribution < 1.29 is 4.74 Å². The fraction of sp³-hybridized carbons (Fsp3) is 0.500. The van der Waals surface area contributed by atoms with Crippen molar-refractivity contribution >= 4 is 11.6 Å². The van der Waals surface area contributed by atoms with Crippen molar-refractivity contribution in [3.05, 3.63) is 23.0 Å². The first-order chi connectivity index (χ1) is 6.24. The average molecular weight is 200 g/mol. The lowest BCUT2D eigenvalue weighted by Gasteiger charge is -2.06. The maximum atomic E-state index is 5.84. The van der Waals surface area contributed by atoms with E-state index >= 15 is 0 Å². The van der Waals surface area contributed by atoms with Gasteiger partial charge in [0.05, 0.1) is 6.61 Å². The minimum atomic E-state index is 0.446. The Morgan fingerprint density at radius 2 is 2.31 bits per heavy atom. The van der Waals surface area contributed by atoms with Crippen molar-refractivity contribution in [2.75, 3.05) is 6.61 Å². The number of halogens is 1. The lowest BCUT2D eigenvalue weighted by Crippen LogP contribution is -1.98. The van der Waals surface area contributed by atoms with Gasteiger partial charge >= 0.3 is 0 Å². The molecule has 0 radical (unpaired) electrons. The number of aromatic nitrogens is 1. The number of nitrogens with zero attached hydrogens (tertiary/aromatic N) is 1. The fourth-order valence-electron chi connectivity index (χ4n) is 0.953. The number of hydrogen-bond acceptors (Lipinski definition) is 2. The number of hydrogen-bond donors (Lipinski definition) is 0. The molecule has 0 aromatic carbocycles. The highest BCUT2D eigenvalue weighted by Gasteiger charge is 2.01. The second kappa shape index (κ2) is 5.07. The van der Waals surface area contributed by atoms with Gasteiger partial charge < -0.3 is 4.74 Å². The molecule has 1 aromatic heterocycles. The van der Waals surface area contributed by atoms with Gasteiger partial charge in [0.2, 0.25) is 0 Å². The summed E-state index contributed by atoms with van der Waals surface area (Å²) >= 11 is 5.84. The van der Waals surface area contributed by atoms with Crippen LogP contribution in [0, 0.1) is 6.92 Å². The molecule has 13 heavy (non-hydrogen) atoms. The molecule has 0 N–H and O–H groups in total. The van der Waals surface area contributed by atoms with Crippen LogP contribution in [0.25, 0.3) is 0 Å². The molecule has 1 aromatic rings. The molecule has 0 unspecified atom stereocenters. The molecule has 0 aliphatic rings. The van der Waals surface area contributed by atoms with Crippen molar-refractivity contribution in [1.82, 2.24) is 4.98 Å². The topological polar surface area (TPSA) is 22.1 Å². The molecular formula is C10H14ClNO. The summed E-state index contributed by atoms with van der Waals surface area (Å²) < 4.78 is 5.46. The molecule has 0 bridgehead atoms. The number of aryl methyl sites for hydroxylation is 1. The highest BCUT2D eigenvalue weighted by molar-refractivity contribution is 6.30. The van der Waals surface area contributed by atoms with E-state index in [1.807, 2.05) is 13.0 Å². The molecule has 0 atom stereocenters. The van der Waals surface area contributed by atoms with Gasteiger partial charge in [-0.2, -0.15) is 0 Å². The standard InChI is InChI=1S/C10H14ClNO/c1-3-4-5-13-9-6-8(2)7-12-10(9)11/h6-7H,3-5H2,1-2H3. The number of ether oxygens (including phenoxy) is 1. The normalized spacial score (nSPS) is 10.1. The van der Waals surface area contributed by atoms with Crippen LogP contribution in [0.3, 0.4) is 0 Å². The van der Waals surface area contributed by atoms with Crippen LogP contribution in [0.5, 0.6) is 5.75 Å². The van der Waals surface area contributed by atoms with E-state index < -0.39 is 0 Å². The van der Waals surface area contributed by atoms with Crippen LogP contribution in [-0.4, -0.2) is 11.6 Å². The van der Waals surface area contributed by atoms with Gasteiger partial charge in [-0.15, -0.1) is 0 Å². The molecule has 3 heteroatoms. The van der Waals surface area contributed by atoms with Crippen molar-refractivity contribution in [2.45, 2.75) is 26.7 Å². The van der Waals surface area contributed by atoms with E-state index in [0.29, 0.717) is 17.5 Å². The van der Waals surface area contributed by atoms with E-state index in [1.54, 1.807) is 6.20 Å². The van der Waals surface area contributed by atoms with E-state index in [-0.39, 0.29) is 0 Å². The second-order valence-electron chi connectivity index (χ2n) is 3.00. The molecule has 72 valence electrons. The number of rotatable bonds is 4. The molecule has 0 amide bonds. The van der Waals surface area contributed by atoms with Gasteiger partial charge in [0.1, 0.15) is 0 Å². The van der Waals surface area contributed by atoms with E-state index in [0.717, 1.165) is 18.4 Å². The SMILES string of the molecule is CCCCOc1cc(C)cnc1Cl. The van der Waals surface area contributed by atoms with Crippen LogP contribution in [-0.2, 0) is 0 Å². The minimum Gasteiger partial charge on any atom is -0.490 e. The van der Waals surface area contributed by atoms with Gasteiger partial charge in [-0.3, -0.25) is 0 Å². The second-order valence-corrected chi connectivity index (χ2v) is 3.36. The monoisotopic (exact) mass is 199 g/mol. The lowest BCUT2D eigenvalue weighted by atomic mass is 10.3. The van der Waals surface area contributed by atoms with Gasteiger partial charge in [-0.05, 0) is 25.0 Å². The molecule has 0 spiro atoms. The Morgan fingerprint density at radius 3 is 3.00 bits per heavy atom. The predicted octanol–water partition coefficient (Wildman–Crippen LogP) is 3.22.